The molecule has 0 spiro atoms. The van der Waals surface area contributed by atoms with Gasteiger partial charge in [0.25, 0.3) is 0 Å². The second kappa shape index (κ2) is 6.87. The normalized spacial score (nSPS) is 17.8. The van der Waals surface area contributed by atoms with Crippen molar-refractivity contribution in [3.8, 4) is 5.75 Å². The predicted molar refractivity (Wildman–Crippen MR) is 74.6 cm³/mol. The Morgan fingerprint density at radius 1 is 1.37 bits per heavy atom. The first-order valence-electron chi connectivity index (χ1n) is 7.06. The van der Waals surface area contributed by atoms with E-state index in [0.29, 0.717) is 18.0 Å². The third-order valence-electron chi connectivity index (χ3n) is 3.65. The van der Waals surface area contributed by atoms with Crippen molar-refractivity contribution in [2.75, 3.05) is 26.2 Å². The van der Waals surface area contributed by atoms with E-state index in [1.165, 1.54) is 32.0 Å². The highest BCUT2D eigenvalue weighted by atomic mass is 19.1. The Labute approximate surface area is 114 Å². The molecule has 1 fully saturated rings. The van der Waals surface area contributed by atoms with E-state index in [2.05, 4.69) is 17.1 Å². The zero-order valence-electron chi connectivity index (χ0n) is 11.5. The molecule has 1 saturated heterocycles. The fourth-order valence-electron chi connectivity index (χ4n) is 2.63. The molecule has 1 aromatic carbocycles. The van der Waals surface area contributed by atoms with Crippen LogP contribution in [0.1, 0.15) is 25.3 Å². The van der Waals surface area contributed by atoms with Crippen molar-refractivity contribution in [2.45, 2.75) is 26.3 Å². The number of aromatic hydroxyl groups is 1. The number of phenolic OH excluding ortho intramolecular Hbond substituents is 1. The second-order valence-electron chi connectivity index (χ2n) is 5.49. The lowest BCUT2D eigenvalue weighted by Crippen LogP contribution is -2.31. The highest BCUT2D eigenvalue weighted by Crippen LogP contribution is 2.20. The van der Waals surface area contributed by atoms with Crippen molar-refractivity contribution >= 4 is 0 Å². The van der Waals surface area contributed by atoms with Gasteiger partial charge in [0.05, 0.1) is 0 Å². The molecule has 106 valence electrons. The maximum atomic E-state index is 13.2. The maximum Gasteiger partial charge on any atom is 0.165 e. The Morgan fingerprint density at radius 2 is 2.11 bits per heavy atom. The van der Waals surface area contributed by atoms with Gasteiger partial charge in [-0.15, -0.1) is 0 Å². The van der Waals surface area contributed by atoms with E-state index in [9.17, 15) is 9.50 Å². The topological polar surface area (TPSA) is 35.5 Å². The number of nitrogens with one attached hydrogen (secondary N) is 1. The summed E-state index contributed by atoms with van der Waals surface area (Å²) in [6.45, 7) is 7.16. The first-order valence-corrected chi connectivity index (χ1v) is 7.06. The van der Waals surface area contributed by atoms with Gasteiger partial charge in [-0.05, 0) is 44.5 Å². The van der Waals surface area contributed by atoms with Crippen molar-refractivity contribution in [1.29, 1.82) is 0 Å². The van der Waals surface area contributed by atoms with Crippen LogP contribution in [-0.2, 0) is 6.54 Å². The first-order chi connectivity index (χ1) is 9.16. The highest BCUT2D eigenvalue weighted by Gasteiger charge is 2.14. The highest BCUT2D eigenvalue weighted by molar-refractivity contribution is 5.33. The molecular formula is C15H23FN2O. The molecule has 0 aliphatic carbocycles. The summed E-state index contributed by atoms with van der Waals surface area (Å²) in [5, 5.41) is 12.9. The monoisotopic (exact) mass is 266 g/mol. The van der Waals surface area contributed by atoms with E-state index in [-0.39, 0.29) is 5.75 Å². The van der Waals surface area contributed by atoms with Crippen LogP contribution in [0, 0.1) is 11.7 Å². The lowest BCUT2D eigenvalue weighted by Gasteiger charge is -2.20. The molecular weight excluding hydrogens is 243 g/mol. The Kier molecular flexibility index (Phi) is 5.16. The van der Waals surface area contributed by atoms with Crippen LogP contribution in [0.3, 0.4) is 0 Å². The Hall–Kier alpha value is -1.13. The fraction of sp³-hybridized carbons (Fsp3) is 0.600. The number of halogens is 1. The average Bonchev–Trinajstić information content (AvgIpc) is 2.87. The molecule has 1 aliphatic rings. The van der Waals surface area contributed by atoms with Gasteiger partial charge in [-0.2, -0.15) is 0 Å². The summed E-state index contributed by atoms with van der Waals surface area (Å²) in [6, 6.07) is 4.64. The van der Waals surface area contributed by atoms with Crippen LogP contribution >= 0.6 is 0 Å². The summed E-state index contributed by atoms with van der Waals surface area (Å²) in [5.74, 6) is -0.222. The lowest BCUT2D eigenvalue weighted by atomic mass is 10.1. The molecule has 1 heterocycles. The first kappa shape index (κ1) is 14.3. The molecule has 19 heavy (non-hydrogen) atoms. The van der Waals surface area contributed by atoms with Crippen LogP contribution in [0.4, 0.5) is 4.39 Å². The third kappa shape index (κ3) is 4.18. The minimum atomic E-state index is -0.551. The smallest absolute Gasteiger partial charge is 0.165 e. The van der Waals surface area contributed by atoms with E-state index < -0.39 is 5.82 Å². The molecule has 0 amide bonds. The number of hydrogen-bond donors (Lipinski definition) is 2. The number of para-hydroxylation sites is 1. The van der Waals surface area contributed by atoms with Gasteiger partial charge in [-0.3, -0.25) is 0 Å². The molecule has 1 unspecified atom stereocenters. The molecule has 0 radical (unpaired) electrons. The van der Waals surface area contributed by atoms with Crippen molar-refractivity contribution in [3.05, 3.63) is 29.6 Å². The number of hydrogen-bond acceptors (Lipinski definition) is 3. The van der Waals surface area contributed by atoms with Crippen molar-refractivity contribution in [3.63, 3.8) is 0 Å². The van der Waals surface area contributed by atoms with Gasteiger partial charge >= 0.3 is 0 Å². The van der Waals surface area contributed by atoms with Gasteiger partial charge < -0.3 is 15.3 Å². The summed E-state index contributed by atoms with van der Waals surface area (Å²) >= 11 is 0. The van der Waals surface area contributed by atoms with E-state index in [4.69, 9.17) is 0 Å². The number of benzene rings is 1. The Balaban J connectivity index is 1.72. The van der Waals surface area contributed by atoms with Gasteiger partial charge in [0.1, 0.15) is 0 Å². The maximum absolute atomic E-state index is 13.2. The summed E-state index contributed by atoms with van der Waals surface area (Å²) in [6.07, 6.45) is 2.63. The molecule has 1 atom stereocenters. The summed E-state index contributed by atoms with van der Waals surface area (Å²) in [7, 11) is 0. The zero-order chi connectivity index (χ0) is 13.7. The van der Waals surface area contributed by atoms with E-state index in [1.807, 2.05) is 0 Å². The molecule has 4 heteroatoms. The Bertz CT molecular complexity index is 405. The average molecular weight is 266 g/mol. The van der Waals surface area contributed by atoms with Crippen LogP contribution in [0.15, 0.2) is 18.2 Å². The molecule has 2 N–H and O–H groups in total. The van der Waals surface area contributed by atoms with Crippen LogP contribution < -0.4 is 5.32 Å². The fourth-order valence-corrected chi connectivity index (χ4v) is 2.63. The molecule has 0 bridgehead atoms. The molecule has 1 aromatic rings. The van der Waals surface area contributed by atoms with Crippen molar-refractivity contribution in [1.82, 2.24) is 10.2 Å². The summed E-state index contributed by atoms with van der Waals surface area (Å²) in [4.78, 5) is 2.49. The minimum absolute atomic E-state index is 0.234. The molecule has 1 aliphatic heterocycles. The predicted octanol–water partition coefficient (Wildman–Crippen LogP) is 2.35. The third-order valence-corrected chi connectivity index (χ3v) is 3.65. The van der Waals surface area contributed by atoms with Crippen LogP contribution in [0.5, 0.6) is 5.75 Å². The zero-order valence-corrected chi connectivity index (χ0v) is 11.5. The molecule has 0 aromatic heterocycles. The van der Waals surface area contributed by atoms with Crippen molar-refractivity contribution in [2.24, 2.45) is 5.92 Å². The minimum Gasteiger partial charge on any atom is -0.505 e. The largest absolute Gasteiger partial charge is 0.505 e. The number of rotatable bonds is 6. The van der Waals surface area contributed by atoms with Gasteiger partial charge in [0, 0.05) is 18.7 Å². The van der Waals surface area contributed by atoms with Gasteiger partial charge in [-0.1, -0.05) is 19.1 Å². The van der Waals surface area contributed by atoms with Gasteiger partial charge in [0.15, 0.2) is 11.6 Å². The quantitative estimate of drug-likeness (QED) is 0.829. The standard InChI is InChI=1S/C15H23FN2O/c1-12(11-18-7-2-3-8-18)9-17-10-13-5-4-6-14(16)15(13)19/h4-6,12,17,19H,2-3,7-11H2,1H3. The van der Waals surface area contributed by atoms with Crippen molar-refractivity contribution < 1.29 is 9.50 Å². The molecule has 0 saturated carbocycles. The van der Waals surface area contributed by atoms with E-state index in [1.54, 1.807) is 12.1 Å². The molecule has 2 rings (SSSR count). The second-order valence-corrected chi connectivity index (χ2v) is 5.49. The summed E-state index contributed by atoms with van der Waals surface area (Å²) < 4.78 is 13.2. The van der Waals surface area contributed by atoms with Crippen LogP contribution in [0.25, 0.3) is 0 Å². The summed E-state index contributed by atoms with van der Waals surface area (Å²) in [5.41, 5.74) is 0.619. The number of likely N-dealkylation sites (tertiary alicyclic amines) is 1. The van der Waals surface area contributed by atoms with Crippen LogP contribution in [-0.4, -0.2) is 36.2 Å². The van der Waals surface area contributed by atoms with Gasteiger partial charge in [-0.25, -0.2) is 4.39 Å². The SMILES string of the molecule is CC(CNCc1cccc(F)c1O)CN1CCCC1. The van der Waals surface area contributed by atoms with Gasteiger partial charge in [0.2, 0.25) is 0 Å². The van der Waals surface area contributed by atoms with Crippen LogP contribution in [0.2, 0.25) is 0 Å². The number of nitrogens with zero attached hydrogens (tertiary/aromatic N) is 1. The van der Waals surface area contributed by atoms with E-state index >= 15 is 0 Å². The molecule has 3 nitrogen and oxygen atoms in total. The lowest BCUT2D eigenvalue weighted by molar-refractivity contribution is 0.282. The Morgan fingerprint density at radius 3 is 2.84 bits per heavy atom. The van der Waals surface area contributed by atoms with E-state index in [0.717, 1.165) is 13.1 Å². The number of phenols is 1.